The molecule has 2 aliphatic heterocycles. The summed E-state index contributed by atoms with van der Waals surface area (Å²) in [5.74, 6) is 0.776. The van der Waals surface area contributed by atoms with Crippen molar-refractivity contribution in [1.82, 2.24) is 10.2 Å². The number of nitrogens with two attached hydrogens (primary N) is 1. The highest BCUT2D eigenvalue weighted by atomic mass is 15.2. The summed E-state index contributed by atoms with van der Waals surface area (Å²) in [6.07, 6.45) is 5.28. The first-order chi connectivity index (χ1) is 7.31. The predicted molar refractivity (Wildman–Crippen MR) is 63.8 cm³/mol. The highest BCUT2D eigenvalue weighted by Gasteiger charge is 2.30. The highest BCUT2D eigenvalue weighted by molar-refractivity contribution is 4.86. The van der Waals surface area contributed by atoms with Crippen molar-refractivity contribution in [1.29, 1.82) is 0 Å². The molecule has 0 aliphatic carbocycles. The van der Waals surface area contributed by atoms with Crippen molar-refractivity contribution in [2.45, 2.75) is 44.7 Å². The molecule has 0 aromatic heterocycles. The van der Waals surface area contributed by atoms with Gasteiger partial charge in [0.15, 0.2) is 0 Å². The first kappa shape index (κ1) is 11.4. The van der Waals surface area contributed by atoms with Gasteiger partial charge < -0.3 is 11.1 Å². The standard InChI is InChI=1S/C12H25N3/c1-10-8-11(9-13)4-7-15(10)12-2-5-14-6-3-12/h10-12,14H,2-9,13H2,1H3/t10-,11?/m1/s1. The second kappa shape index (κ2) is 5.28. The summed E-state index contributed by atoms with van der Waals surface area (Å²) in [6, 6.07) is 1.58. The molecule has 3 N–H and O–H groups in total. The fourth-order valence-corrected chi connectivity index (χ4v) is 3.18. The van der Waals surface area contributed by atoms with Crippen molar-refractivity contribution in [3.05, 3.63) is 0 Å². The molecule has 0 radical (unpaired) electrons. The van der Waals surface area contributed by atoms with Crippen molar-refractivity contribution >= 4 is 0 Å². The van der Waals surface area contributed by atoms with Gasteiger partial charge >= 0.3 is 0 Å². The average Bonchev–Trinajstić information content (AvgIpc) is 2.30. The number of likely N-dealkylation sites (tertiary alicyclic amines) is 1. The van der Waals surface area contributed by atoms with E-state index in [2.05, 4.69) is 17.1 Å². The van der Waals surface area contributed by atoms with E-state index >= 15 is 0 Å². The molecule has 2 rings (SSSR count). The largest absolute Gasteiger partial charge is 0.330 e. The van der Waals surface area contributed by atoms with E-state index in [1.807, 2.05) is 0 Å². The van der Waals surface area contributed by atoms with Gasteiger partial charge in [0.1, 0.15) is 0 Å². The van der Waals surface area contributed by atoms with E-state index in [0.29, 0.717) is 0 Å². The Morgan fingerprint density at radius 3 is 2.60 bits per heavy atom. The van der Waals surface area contributed by atoms with E-state index in [9.17, 15) is 0 Å². The molecule has 3 heteroatoms. The summed E-state index contributed by atoms with van der Waals surface area (Å²) in [7, 11) is 0. The Kier molecular flexibility index (Phi) is 4.00. The Morgan fingerprint density at radius 2 is 2.00 bits per heavy atom. The van der Waals surface area contributed by atoms with Gasteiger partial charge in [0.25, 0.3) is 0 Å². The molecule has 3 nitrogen and oxygen atoms in total. The summed E-state index contributed by atoms with van der Waals surface area (Å²) >= 11 is 0. The van der Waals surface area contributed by atoms with Crippen molar-refractivity contribution < 1.29 is 0 Å². The molecular formula is C12H25N3. The van der Waals surface area contributed by atoms with Gasteiger partial charge in [-0.1, -0.05) is 0 Å². The summed E-state index contributed by atoms with van der Waals surface area (Å²) in [5, 5.41) is 3.44. The number of nitrogens with zero attached hydrogens (tertiary/aromatic N) is 1. The average molecular weight is 211 g/mol. The second-order valence-corrected chi connectivity index (χ2v) is 5.19. The number of hydrogen-bond donors (Lipinski definition) is 2. The fraction of sp³-hybridized carbons (Fsp3) is 1.00. The number of piperidine rings is 2. The quantitative estimate of drug-likeness (QED) is 0.710. The van der Waals surface area contributed by atoms with Crippen LogP contribution in [0.1, 0.15) is 32.6 Å². The number of rotatable bonds is 2. The van der Waals surface area contributed by atoms with Crippen LogP contribution in [0.25, 0.3) is 0 Å². The third-order valence-corrected chi connectivity index (χ3v) is 4.15. The zero-order chi connectivity index (χ0) is 10.7. The molecule has 0 aromatic carbocycles. The molecule has 2 saturated heterocycles. The molecule has 2 atom stereocenters. The molecule has 0 amide bonds. The van der Waals surface area contributed by atoms with E-state index < -0.39 is 0 Å². The maximum atomic E-state index is 5.76. The minimum atomic E-state index is 0.746. The molecule has 0 spiro atoms. The van der Waals surface area contributed by atoms with Crippen LogP contribution >= 0.6 is 0 Å². The van der Waals surface area contributed by atoms with Gasteiger partial charge in [-0.25, -0.2) is 0 Å². The van der Waals surface area contributed by atoms with E-state index in [1.165, 1.54) is 45.3 Å². The van der Waals surface area contributed by atoms with Crippen molar-refractivity contribution in [2.24, 2.45) is 11.7 Å². The fourth-order valence-electron chi connectivity index (χ4n) is 3.18. The molecule has 0 bridgehead atoms. The van der Waals surface area contributed by atoms with E-state index in [-0.39, 0.29) is 0 Å². The van der Waals surface area contributed by atoms with Gasteiger partial charge in [0.05, 0.1) is 0 Å². The third-order valence-electron chi connectivity index (χ3n) is 4.15. The first-order valence-electron chi connectivity index (χ1n) is 6.47. The molecule has 0 aromatic rings. The lowest BCUT2D eigenvalue weighted by molar-refractivity contribution is 0.0638. The van der Waals surface area contributed by atoms with Crippen LogP contribution in [0.2, 0.25) is 0 Å². The maximum absolute atomic E-state index is 5.76. The Hall–Kier alpha value is -0.120. The Labute approximate surface area is 93.4 Å². The van der Waals surface area contributed by atoms with Crippen LogP contribution in [-0.4, -0.2) is 43.2 Å². The monoisotopic (exact) mass is 211 g/mol. The molecule has 2 heterocycles. The Morgan fingerprint density at radius 1 is 1.27 bits per heavy atom. The summed E-state index contributed by atoms with van der Waals surface area (Å²) in [5.41, 5.74) is 5.76. The van der Waals surface area contributed by atoms with Crippen molar-refractivity contribution in [3.8, 4) is 0 Å². The zero-order valence-corrected chi connectivity index (χ0v) is 9.91. The van der Waals surface area contributed by atoms with Gasteiger partial charge in [-0.2, -0.15) is 0 Å². The molecule has 0 saturated carbocycles. The lowest BCUT2D eigenvalue weighted by atomic mass is 9.89. The van der Waals surface area contributed by atoms with Crippen LogP contribution in [0.4, 0.5) is 0 Å². The van der Waals surface area contributed by atoms with Crippen LogP contribution in [0.3, 0.4) is 0 Å². The predicted octanol–water partition coefficient (Wildman–Crippen LogP) is 0.798. The van der Waals surface area contributed by atoms with Crippen LogP contribution in [0.5, 0.6) is 0 Å². The van der Waals surface area contributed by atoms with Gasteiger partial charge in [-0.3, -0.25) is 4.90 Å². The van der Waals surface area contributed by atoms with Gasteiger partial charge in [-0.15, -0.1) is 0 Å². The molecule has 2 fully saturated rings. The summed E-state index contributed by atoms with van der Waals surface area (Å²) in [6.45, 7) is 6.93. The topological polar surface area (TPSA) is 41.3 Å². The van der Waals surface area contributed by atoms with Gasteiger partial charge in [-0.05, 0) is 64.7 Å². The van der Waals surface area contributed by atoms with E-state index in [1.54, 1.807) is 0 Å². The minimum Gasteiger partial charge on any atom is -0.330 e. The third kappa shape index (κ3) is 2.71. The Balaban J connectivity index is 1.87. The minimum absolute atomic E-state index is 0.746. The SMILES string of the molecule is C[C@@H]1CC(CN)CCN1C1CCNCC1. The molecule has 88 valence electrons. The maximum Gasteiger partial charge on any atom is 0.0122 e. The van der Waals surface area contributed by atoms with Gasteiger partial charge in [0.2, 0.25) is 0 Å². The van der Waals surface area contributed by atoms with Crippen molar-refractivity contribution in [2.75, 3.05) is 26.2 Å². The van der Waals surface area contributed by atoms with Crippen LogP contribution in [-0.2, 0) is 0 Å². The van der Waals surface area contributed by atoms with E-state index in [4.69, 9.17) is 5.73 Å². The highest BCUT2D eigenvalue weighted by Crippen LogP contribution is 2.26. The molecule has 2 aliphatic rings. The summed E-state index contributed by atoms with van der Waals surface area (Å²) < 4.78 is 0. The molecular weight excluding hydrogens is 186 g/mol. The lowest BCUT2D eigenvalue weighted by Gasteiger charge is -2.43. The van der Waals surface area contributed by atoms with Gasteiger partial charge in [0, 0.05) is 12.1 Å². The zero-order valence-electron chi connectivity index (χ0n) is 9.91. The number of nitrogens with one attached hydrogen (secondary N) is 1. The first-order valence-corrected chi connectivity index (χ1v) is 6.47. The second-order valence-electron chi connectivity index (χ2n) is 5.19. The Bertz CT molecular complexity index is 189. The van der Waals surface area contributed by atoms with E-state index in [0.717, 1.165) is 24.5 Å². The van der Waals surface area contributed by atoms with Crippen LogP contribution in [0.15, 0.2) is 0 Å². The lowest BCUT2D eigenvalue weighted by Crippen LogP contribution is -2.51. The number of hydrogen-bond acceptors (Lipinski definition) is 3. The summed E-state index contributed by atoms with van der Waals surface area (Å²) in [4.78, 5) is 2.73. The normalized spacial score (nSPS) is 35.6. The smallest absolute Gasteiger partial charge is 0.0122 e. The van der Waals surface area contributed by atoms with Crippen LogP contribution in [0, 0.1) is 5.92 Å². The molecule has 1 unspecified atom stereocenters. The van der Waals surface area contributed by atoms with Crippen molar-refractivity contribution in [3.63, 3.8) is 0 Å². The molecule has 15 heavy (non-hydrogen) atoms. The van der Waals surface area contributed by atoms with Crippen LogP contribution < -0.4 is 11.1 Å².